The molecule has 1 rings (SSSR count). The highest BCUT2D eigenvalue weighted by molar-refractivity contribution is 7.91. The van der Waals surface area contributed by atoms with Crippen molar-refractivity contribution in [3.8, 4) is 0 Å². The van der Waals surface area contributed by atoms with Crippen LogP contribution < -0.4 is 4.39 Å². The van der Waals surface area contributed by atoms with Crippen molar-refractivity contribution >= 4 is 24.2 Å². The Labute approximate surface area is 132 Å². The Morgan fingerprint density at radius 1 is 1.27 bits per heavy atom. The van der Waals surface area contributed by atoms with Crippen LogP contribution in [0.2, 0.25) is 18.1 Å². The van der Waals surface area contributed by atoms with E-state index in [1.807, 2.05) is 33.9 Å². The van der Waals surface area contributed by atoms with Gasteiger partial charge in [-0.2, -0.15) is 0 Å². The molecule has 0 atom stereocenters. The maximum absolute atomic E-state index is 13.9. The van der Waals surface area contributed by atoms with E-state index in [9.17, 15) is 17.6 Å². The van der Waals surface area contributed by atoms with Gasteiger partial charge in [0, 0.05) is 0 Å². The molecule has 1 aromatic carbocycles. The quantitative estimate of drug-likeness (QED) is 0.671. The maximum Gasteiger partial charge on any atom is 0.342 e. The first-order chi connectivity index (χ1) is 9.83. The van der Waals surface area contributed by atoms with E-state index in [0.717, 1.165) is 13.2 Å². The van der Waals surface area contributed by atoms with Gasteiger partial charge in [0.2, 0.25) is 10.0 Å². The van der Waals surface area contributed by atoms with E-state index in [4.69, 9.17) is 0 Å². The molecule has 8 heteroatoms. The second-order valence-electron chi connectivity index (χ2n) is 6.59. The predicted molar refractivity (Wildman–Crippen MR) is 85.3 cm³/mol. The molecule has 0 bridgehead atoms. The smallest absolute Gasteiger partial charge is 0.342 e. The Kier molecular flexibility index (Phi) is 5.21. The summed E-state index contributed by atoms with van der Waals surface area (Å²) in [5, 5.41) is -0.251. The van der Waals surface area contributed by atoms with E-state index in [1.165, 1.54) is 12.1 Å². The van der Waals surface area contributed by atoms with Crippen molar-refractivity contribution in [1.29, 1.82) is 0 Å². The minimum absolute atomic E-state index is 0.251. The molecule has 0 aliphatic rings. The molecule has 0 aromatic heterocycles. The summed E-state index contributed by atoms with van der Waals surface area (Å²) in [7, 11) is -5.38. The lowest BCUT2D eigenvalue weighted by Gasteiger charge is -2.36. The molecule has 0 aliphatic heterocycles. The van der Waals surface area contributed by atoms with Gasteiger partial charge in [-0.3, -0.25) is 0 Å². The number of hydrogen-bond acceptors (Lipinski definition) is 4. The summed E-state index contributed by atoms with van der Waals surface area (Å²) in [6.45, 7) is 9.54. The van der Waals surface area contributed by atoms with Crippen molar-refractivity contribution in [1.82, 2.24) is 4.39 Å². The SMILES string of the molecule is COC(=O)c1c(F)cccc1S(=O)(=O)N[Si](C)(C)C(C)(C)C. The van der Waals surface area contributed by atoms with Gasteiger partial charge in [0.15, 0.2) is 0 Å². The lowest BCUT2D eigenvalue weighted by Crippen LogP contribution is -2.54. The Balaban J connectivity index is 3.43. The summed E-state index contributed by atoms with van der Waals surface area (Å²) < 4.78 is 46.3. The number of carbonyl (C=O) groups excluding carboxylic acids is 1. The van der Waals surface area contributed by atoms with Gasteiger partial charge >= 0.3 is 5.97 Å². The number of sulfonamides is 1. The van der Waals surface area contributed by atoms with Crippen molar-refractivity contribution in [2.24, 2.45) is 0 Å². The predicted octanol–water partition coefficient (Wildman–Crippen LogP) is 2.90. The van der Waals surface area contributed by atoms with Crippen LogP contribution in [0.5, 0.6) is 0 Å². The third-order valence-electron chi connectivity index (χ3n) is 3.92. The number of benzene rings is 1. The molecule has 0 fully saturated rings. The molecular formula is C14H22FNO4SSi. The lowest BCUT2D eigenvalue weighted by molar-refractivity contribution is 0.0590. The maximum atomic E-state index is 13.9. The zero-order valence-electron chi connectivity index (χ0n) is 13.7. The van der Waals surface area contributed by atoms with Gasteiger partial charge in [0.05, 0.1) is 12.0 Å². The molecule has 0 amide bonds. The number of methoxy groups -OCH3 is 1. The average molecular weight is 347 g/mol. The van der Waals surface area contributed by atoms with Crippen molar-refractivity contribution in [3.63, 3.8) is 0 Å². The zero-order chi connectivity index (χ0) is 17.3. The molecule has 1 N–H and O–H groups in total. The second-order valence-corrected chi connectivity index (χ2v) is 13.6. The van der Waals surface area contributed by atoms with Crippen LogP contribution in [-0.2, 0) is 14.8 Å². The molecule has 1 aromatic rings. The summed E-state index contributed by atoms with van der Waals surface area (Å²) in [6.07, 6.45) is 0. The standard InChI is InChI=1S/C14H22FNO4SSi/c1-14(2,3)22(5,6)16-21(18,19)11-9-7-8-10(15)12(11)13(17)20-4/h7-9,16H,1-6H3. The molecule has 124 valence electrons. The van der Waals surface area contributed by atoms with Crippen LogP contribution in [0.1, 0.15) is 31.1 Å². The van der Waals surface area contributed by atoms with E-state index >= 15 is 0 Å². The fourth-order valence-electron chi connectivity index (χ4n) is 1.57. The number of carbonyl (C=O) groups is 1. The number of nitrogens with one attached hydrogen (secondary N) is 1. The fraction of sp³-hybridized carbons (Fsp3) is 0.500. The van der Waals surface area contributed by atoms with Crippen LogP contribution in [0.4, 0.5) is 4.39 Å². The molecule has 5 nitrogen and oxygen atoms in total. The van der Waals surface area contributed by atoms with Crippen molar-refractivity contribution < 1.29 is 22.3 Å². The van der Waals surface area contributed by atoms with Crippen LogP contribution in [0.25, 0.3) is 0 Å². The molecule has 22 heavy (non-hydrogen) atoms. The first-order valence-electron chi connectivity index (χ1n) is 6.74. The minimum Gasteiger partial charge on any atom is -0.465 e. The average Bonchev–Trinajstić information content (AvgIpc) is 2.35. The first kappa shape index (κ1) is 18.8. The molecule has 0 saturated heterocycles. The van der Waals surface area contributed by atoms with E-state index in [0.29, 0.717) is 0 Å². The molecule has 0 aliphatic carbocycles. The van der Waals surface area contributed by atoms with Crippen LogP contribution in [0.3, 0.4) is 0 Å². The number of hydrogen-bond donors (Lipinski definition) is 1. The zero-order valence-corrected chi connectivity index (χ0v) is 15.5. The summed E-state index contributed by atoms with van der Waals surface area (Å²) in [5.41, 5.74) is -0.573. The first-order valence-corrected chi connectivity index (χ1v) is 11.2. The normalized spacial score (nSPS) is 13.0. The topological polar surface area (TPSA) is 72.5 Å². The molecule has 0 unspecified atom stereocenters. The summed E-state index contributed by atoms with van der Waals surface area (Å²) in [5.74, 6) is -1.95. The molecule has 0 radical (unpaired) electrons. The number of ether oxygens (including phenoxy) is 1. The van der Waals surface area contributed by atoms with Gasteiger partial charge in [-0.25, -0.2) is 22.0 Å². The molecule has 0 saturated carbocycles. The lowest BCUT2D eigenvalue weighted by atomic mass is 10.2. The van der Waals surface area contributed by atoms with Crippen LogP contribution in [0, 0.1) is 5.82 Å². The van der Waals surface area contributed by atoms with E-state index in [-0.39, 0.29) is 5.04 Å². The van der Waals surface area contributed by atoms with Gasteiger partial charge in [0.25, 0.3) is 0 Å². The Hall–Kier alpha value is -1.25. The molecule has 0 spiro atoms. The largest absolute Gasteiger partial charge is 0.465 e. The third-order valence-corrected chi connectivity index (χ3v) is 11.7. The third kappa shape index (κ3) is 3.74. The second kappa shape index (κ2) is 6.09. The van der Waals surface area contributed by atoms with E-state index < -0.39 is 40.5 Å². The Bertz CT molecular complexity index is 681. The van der Waals surface area contributed by atoms with Crippen LogP contribution in [0.15, 0.2) is 23.1 Å². The molecular weight excluding hydrogens is 325 g/mol. The highest BCUT2D eigenvalue weighted by Crippen LogP contribution is 2.35. The van der Waals surface area contributed by atoms with Gasteiger partial charge in [0.1, 0.15) is 19.6 Å². The van der Waals surface area contributed by atoms with Crippen molar-refractivity contribution in [3.05, 3.63) is 29.6 Å². The van der Waals surface area contributed by atoms with E-state index in [2.05, 4.69) is 9.12 Å². The number of halogens is 1. The van der Waals surface area contributed by atoms with Gasteiger partial charge in [-0.05, 0) is 17.2 Å². The fourth-order valence-corrected chi connectivity index (χ4v) is 6.63. The van der Waals surface area contributed by atoms with E-state index in [1.54, 1.807) is 0 Å². The highest BCUT2D eigenvalue weighted by Gasteiger charge is 2.40. The Morgan fingerprint density at radius 2 is 1.82 bits per heavy atom. The van der Waals surface area contributed by atoms with Crippen molar-refractivity contribution in [2.75, 3.05) is 7.11 Å². The van der Waals surface area contributed by atoms with Crippen molar-refractivity contribution in [2.45, 2.75) is 43.8 Å². The summed E-state index contributed by atoms with van der Waals surface area (Å²) in [6, 6.07) is 3.48. The van der Waals surface area contributed by atoms with Gasteiger partial charge in [-0.15, -0.1) is 0 Å². The molecule has 0 heterocycles. The summed E-state index contributed by atoms with van der Waals surface area (Å²) >= 11 is 0. The monoisotopic (exact) mass is 347 g/mol. The summed E-state index contributed by atoms with van der Waals surface area (Å²) in [4.78, 5) is 11.3. The number of esters is 1. The van der Waals surface area contributed by atoms with Crippen LogP contribution in [-0.4, -0.2) is 29.7 Å². The number of rotatable bonds is 4. The Morgan fingerprint density at radius 3 is 2.27 bits per heavy atom. The van der Waals surface area contributed by atoms with Gasteiger partial charge in [-0.1, -0.05) is 39.9 Å². The minimum atomic E-state index is -4.04. The van der Waals surface area contributed by atoms with Crippen LogP contribution >= 0.6 is 0 Å². The highest BCUT2D eigenvalue weighted by atomic mass is 32.2. The van der Waals surface area contributed by atoms with Gasteiger partial charge < -0.3 is 4.74 Å².